The maximum Gasteiger partial charge on any atom is 0.305 e. The Morgan fingerprint density at radius 3 is 2.29 bits per heavy atom. The zero-order valence-electron chi connectivity index (χ0n) is 22.6. The minimum Gasteiger partial charge on any atom is -0.469 e. The molecule has 0 amide bonds. The molecule has 0 N–H and O–H groups in total. The number of methoxy groups -OCH3 is 1. The molecule has 0 aliphatic heterocycles. The molecule has 6 heteroatoms. The van der Waals surface area contributed by atoms with Crippen LogP contribution in [0.15, 0.2) is 0 Å². The van der Waals surface area contributed by atoms with Gasteiger partial charge in [0.05, 0.1) is 7.11 Å². The van der Waals surface area contributed by atoms with Gasteiger partial charge in [0.1, 0.15) is 12.2 Å². The Morgan fingerprint density at radius 1 is 0.914 bits per heavy atom. The van der Waals surface area contributed by atoms with E-state index in [2.05, 4.69) is 20.8 Å². The third-order valence-electron chi connectivity index (χ3n) is 11.1. The van der Waals surface area contributed by atoms with Gasteiger partial charge in [-0.1, -0.05) is 20.8 Å². The highest BCUT2D eigenvalue weighted by Gasteiger charge is 2.65. The molecule has 0 spiro atoms. The Bertz CT molecular complexity index is 824. The minimum absolute atomic E-state index is 0.0479. The summed E-state index contributed by atoms with van der Waals surface area (Å²) in [4.78, 5) is 35.7. The number of rotatable bonds is 6. The summed E-state index contributed by atoms with van der Waals surface area (Å²) in [6.07, 6.45) is 9.87. The van der Waals surface area contributed by atoms with Crippen LogP contribution < -0.4 is 0 Å². The van der Waals surface area contributed by atoms with Crippen LogP contribution in [0.1, 0.15) is 98.8 Å². The molecule has 0 bridgehead atoms. The van der Waals surface area contributed by atoms with Gasteiger partial charge in [0.25, 0.3) is 0 Å². The van der Waals surface area contributed by atoms with Gasteiger partial charge in [-0.3, -0.25) is 14.4 Å². The summed E-state index contributed by atoms with van der Waals surface area (Å²) >= 11 is 0. The van der Waals surface area contributed by atoms with Crippen LogP contribution in [0.25, 0.3) is 0 Å². The van der Waals surface area contributed by atoms with Gasteiger partial charge in [-0.25, -0.2) is 0 Å². The highest BCUT2D eigenvalue weighted by molar-refractivity contribution is 5.69. The summed E-state index contributed by atoms with van der Waals surface area (Å²) < 4.78 is 16.7. The first kappa shape index (κ1) is 26.5. The lowest BCUT2D eigenvalue weighted by molar-refractivity contribution is -0.197. The van der Waals surface area contributed by atoms with Gasteiger partial charge in [-0.15, -0.1) is 0 Å². The molecule has 0 aromatic heterocycles. The van der Waals surface area contributed by atoms with Crippen molar-refractivity contribution >= 4 is 17.9 Å². The molecule has 10 atom stereocenters. The molecule has 4 rings (SSSR count). The van der Waals surface area contributed by atoms with E-state index in [1.165, 1.54) is 33.3 Å². The number of carbonyl (C=O) groups excluding carboxylic acids is 3. The van der Waals surface area contributed by atoms with Crippen molar-refractivity contribution in [3.8, 4) is 0 Å². The first-order valence-electron chi connectivity index (χ1n) is 13.9. The molecule has 4 fully saturated rings. The standard InChI is InChI=1S/C29H46O6/c1-17(7-12-27(32)33-6)23-10-11-24-22-9-8-20-15-21(34-18(2)30)13-14-28(20,4)25(22)16-26(29(23,24)5)35-19(3)31/h17,20-26H,7-16H2,1-6H3/t17-,20+,21-,22+,23-,24+,25+,26+,28+,29-/m1/s1. The Kier molecular flexibility index (Phi) is 7.60. The third kappa shape index (κ3) is 4.75. The fraction of sp³-hybridized carbons (Fsp3) is 0.897. The lowest BCUT2D eigenvalue weighted by Gasteiger charge is -2.62. The van der Waals surface area contributed by atoms with E-state index < -0.39 is 0 Å². The van der Waals surface area contributed by atoms with Crippen LogP contribution in [0.5, 0.6) is 0 Å². The number of fused-ring (bicyclic) bond motifs is 5. The van der Waals surface area contributed by atoms with E-state index in [0.29, 0.717) is 41.9 Å². The van der Waals surface area contributed by atoms with Gasteiger partial charge in [0.2, 0.25) is 0 Å². The number of hydrogen-bond acceptors (Lipinski definition) is 6. The maximum atomic E-state index is 12.3. The van der Waals surface area contributed by atoms with Crippen molar-refractivity contribution in [2.45, 2.75) is 111 Å². The molecule has 35 heavy (non-hydrogen) atoms. The monoisotopic (exact) mass is 490 g/mol. The Balaban J connectivity index is 1.58. The molecule has 0 aromatic carbocycles. The van der Waals surface area contributed by atoms with Crippen LogP contribution >= 0.6 is 0 Å². The number of hydrogen-bond donors (Lipinski definition) is 0. The highest BCUT2D eigenvalue weighted by atomic mass is 16.5. The highest BCUT2D eigenvalue weighted by Crippen LogP contribution is 2.69. The second kappa shape index (κ2) is 10.0. The summed E-state index contributed by atoms with van der Waals surface area (Å²) in [6.45, 7) is 10.2. The van der Waals surface area contributed by atoms with E-state index in [-0.39, 0.29) is 40.9 Å². The van der Waals surface area contributed by atoms with Crippen molar-refractivity contribution in [2.75, 3.05) is 7.11 Å². The smallest absolute Gasteiger partial charge is 0.305 e. The molecule has 198 valence electrons. The van der Waals surface area contributed by atoms with Crippen molar-refractivity contribution in [1.82, 2.24) is 0 Å². The van der Waals surface area contributed by atoms with E-state index >= 15 is 0 Å². The average Bonchev–Trinajstić information content (AvgIpc) is 3.16. The fourth-order valence-corrected chi connectivity index (χ4v) is 9.48. The lowest BCUT2D eigenvalue weighted by atomic mass is 9.43. The molecule has 4 saturated carbocycles. The van der Waals surface area contributed by atoms with Gasteiger partial charge in [0, 0.05) is 25.7 Å². The van der Waals surface area contributed by atoms with Crippen molar-refractivity contribution < 1.29 is 28.6 Å². The Hall–Kier alpha value is -1.59. The normalized spacial score (nSPS) is 43.2. The predicted molar refractivity (Wildman–Crippen MR) is 132 cm³/mol. The van der Waals surface area contributed by atoms with Gasteiger partial charge >= 0.3 is 17.9 Å². The summed E-state index contributed by atoms with van der Waals surface area (Å²) in [5.41, 5.74) is 0.147. The zero-order valence-corrected chi connectivity index (χ0v) is 22.6. The molecular weight excluding hydrogens is 444 g/mol. The Labute approximate surface area is 211 Å². The van der Waals surface area contributed by atoms with E-state index in [4.69, 9.17) is 14.2 Å². The average molecular weight is 491 g/mol. The second-order valence-corrected chi connectivity index (χ2v) is 12.6. The largest absolute Gasteiger partial charge is 0.469 e. The van der Waals surface area contributed by atoms with E-state index in [9.17, 15) is 14.4 Å². The molecule has 0 saturated heterocycles. The summed E-state index contributed by atoms with van der Waals surface area (Å²) in [7, 11) is 1.45. The van der Waals surface area contributed by atoms with E-state index in [0.717, 1.165) is 38.5 Å². The maximum absolute atomic E-state index is 12.3. The van der Waals surface area contributed by atoms with Gasteiger partial charge < -0.3 is 14.2 Å². The molecule has 4 aliphatic rings. The lowest BCUT2D eigenvalue weighted by Crippen LogP contribution is -2.59. The molecule has 0 heterocycles. The summed E-state index contributed by atoms with van der Waals surface area (Å²) in [6, 6.07) is 0. The van der Waals surface area contributed by atoms with Crippen LogP contribution in [-0.4, -0.2) is 37.2 Å². The molecule has 0 unspecified atom stereocenters. The molecule has 0 radical (unpaired) electrons. The van der Waals surface area contributed by atoms with Crippen LogP contribution in [0.4, 0.5) is 0 Å². The van der Waals surface area contributed by atoms with E-state index in [1.807, 2.05) is 0 Å². The number of carbonyl (C=O) groups is 3. The van der Waals surface area contributed by atoms with Crippen LogP contribution in [0.2, 0.25) is 0 Å². The quantitative estimate of drug-likeness (QED) is 0.351. The van der Waals surface area contributed by atoms with Gasteiger partial charge in [-0.05, 0) is 98.7 Å². The van der Waals surface area contributed by atoms with Crippen LogP contribution in [0, 0.1) is 46.3 Å². The third-order valence-corrected chi connectivity index (χ3v) is 11.1. The topological polar surface area (TPSA) is 78.9 Å². The molecular formula is C29H46O6. The zero-order chi connectivity index (χ0) is 25.5. The Morgan fingerprint density at radius 2 is 1.63 bits per heavy atom. The van der Waals surface area contributed by atoms with Crippen LogP contribution in [-0.2, 0) is 28.6 Å². The van der Waals surface area contributed by atoms with Crippen molar-refractivity contribution in [1.29, 1.82) is 0 Å². The SMILES string of the molecule is COC(=O)CC[C@@H](C)[C@H]1CC[C@H]2[C@@H]3CC[C@H]4C[C@H](OC(C)=O)CC[C@]4(C)[C@H]3C[C@H](OC(C)=O)[C@]12C. The van der Waals surface area contributed by atoms with Crippen molar-refractivity contribution in [3.05, 3.63) is 0 Å². The summed E-state index contributed by atoms with van der Waals surface area (Å²) in [5, 5.41) is 0. The predicted octanol–water partition coefficient (Wildman–Crippen LogP) is 5.71. The van der Waals surface area contributed by atoms with Crippen LogP contribution in [0.3, 0.4) is 0 Å². The van der Waals surface area contributed by atoms with Crippen molar-refractivity contribution in [3.63, 3.8) is 0 Å². The molecule has 6 nitrogen and oxygen atoms in total. The summed E-state index contributed by atoms with van der Waals surface area (Å²) in [5.74, 6) is 2.60. The molecule has 0 aromatic rings. The minimum atomic E-state index is -0.183. The first-order valence-corrected chi connectivity index (χ1v) is 13.9. The second-order valence-electron chi connectivity index (χ2n) is 12.6. The van der Waals surface area contributed by atoms with Gasteiger partial charge in [0.15, 0.2) is 0 Å². The number of ether oxygens (including phenoxy) is 3. The van der Waals surface area contributed by atoms with Gasteiger partial charge in [-0.2, -0.15) is 0 Å². The first-order chi connectivity index (χ1) is 16.5. The van der Waals surface area contributed by atoms with E-state index in [1.54, 1.807) is 6.92 Å². The molecule has 4 aliphatic carbocycles. The van der Waals surface area contributed by atoms with Crippen molar-refractivity contribution in [2.24, 2.45) is 46.3 Å². The number of esters is 3. The fourth-order valence-electron chi connectivity index (χ4n) is 9.48.